The van der Waals surface area contributed by atoms with Crippen molar-refractivity contribution in [1.82, 2.24) is 19.1 Å². The van der Waals surface area contributed by atoms with Gasteiger partial charge >= 0.3 is 0 Å². The zero-order valence-corrected chi connectivity index (χ0v) is 31.7. The van der Waals surface area contributed by atoms with E-state index in [4.69, 9.17) is 37.4 Å². The monoisotopic (exact) mass is 792 g/mol. The Hall–Kier alpha value is -2.19. The molecule has 50 heavy (non-hydrogen) atoms. The number of ether oxygens (including phenoxy) is 3. The maximum absolute atomic E-state index is 13.0. The SMILES string of the molecule is CCNS(=O)(=O)c1cccc(S(=O)(=O)NCCOCCOCCOCCNS(=O)(=O)c2cccc(C3CN(C)Cc4c(Cl)cc(Cl)cc43)c2)c1. The van der Waals surface area contributed by atoms with E-state index < -0.39 is 30.1 Å². The molecular weight excluding hydrogens is 751 g/mol. The summed E-state index contributed by atoms with van der Waals surface area (Å²) in [4.78, 5) is 1.98. The van der Waals surface area contributed by atoms with Gasteiger partial charge in [0, 0.05) is 48.7 Å². The minimum atomic E-state index is -3.94. The van der Waals surface area contributed by atoms with Crippen molar-refractivity contribution < 1.29 is 39.5 Å². The molecule has 0 saturated heterocycles. The normalized spacial score (nSPS) is 15.6. The molecule has 0 fully saturated rings. The van der Waals surface area contributed by atoms with E-state index in [2.05, 4.69) is 19.1 Å². The summed E-state index contributed by atoms with van der Waals surface area (Å²) < 4.78 is 99.1. The Balaban J connectivity index is 1.10. The van der Waals surface area contributed by atoms with Gasteiger partial charge in [-0.05, 0) is 66.2 Å². The van der Waals surface area contributed by atoms with Gasteiger partial charge in [-0.25, -0.2) is 39.4 Å². The third-order valence-electron chi connectivity index (χ3n) is 7.64. The first-order valence-corrected chi connectivity index (χ1v) is 21.0. The van der Waals surface area contributed by atoms with Crippen LogP contribution in [-0.2, 0) is 50.8 Å². The molecule has 1 aliphatic rings. The standard InChI is InChI=1S/C32H42Cl2N4O9S3/c1-3-35-48(39,40)27-8-5-9-28(21-27)50(43,44)37-11-13-46-15-17-47-16-14-45-12-10-36-49(41,42)26-7-4-6-24(18-26)30-22-38(2)23-31-29(30)19-25(33)20-32(31)34/h4-9,18-21,30,35-37H,3,10-17,22-23H2,1-2H3. The number of hydrogen-bond donors (Lipinski definition) is 3. The van der Waals surface area contributed by atoms with Crippen LogP contribution in [-0.4, -0.2) is 103 Å². The van der Waals surface area contributed by atoms with E-state index in [0.717, 1.165) is 22.8 Å². The number of hydrogen-bond acceptors (Lipinski definition) is 10. The molecule has 0 aliphatic carbocycles. The van der Waals surface area contributed by atoms with Crippen molar-refractivity contribution >= 4 is 53.3 Å². The lowest BCUT2D eigenvalue weighted by Gasteiger charge is -2.33. The van der Waals surface area contributed by atoms with Crippen LogP contribution >= 0.6 is 23.2 Å². The van der Waals surface area contributed by atoms with Crippen molar-refractivity contribution in [3.63, 3.8) is 0 Å². The highest BCUT2D eigenvalue weighted by Crippen LogP contribution is 2.38. The van der Waals surface area contributed by atoms with Crippen LogP contribution in [0.15, 0.2) is 75.4 Å². The first-order valence-electron chi connectivity index (χ1n) is 15.8. The number of halogens is 2. The molecule has 0 aromatic heterocycles. The molecular formula is C32H42Cl2N4O9S3. The summed E-state index contributed by atoms with van der Waals surface area (Å²) in [5.41, 5.74) is 2.82. The maximum atomic E-state index is 13.0. The molecule has 3 N–H and O–H groups in total. The van der Waals surface area contributed by atoms with Gasteiger partial charge in [-0.3, -0.25) is 0 Å². The number of likely N-dealkylation sites (N-methyl/N-ethyl adjacent to an activating group) is 1. The van der Waals surface area contributed by atoms with Crippen LogP contribution in [0.2, 0.25) is 10.0 Å². The van der Waals surface area contributed by atoms with Gasteiger partial charge in [-0.2, -0.15) is 0 Å². The van der Waals surface area contributed by atoms with Crippen molar-refractivity contribution in [3.8, 4) is 0 Å². The minimum absolute atomic E-state index is 0.0224. The molecule has 1 atom stereocenters. The Bertz CT molecular complexity index is 1930. The molecule has 1 unspecified atom stereocenters. The van der Waals surface area contributed by atoms with Gasteiger partial charge in [0.2, 0.25) is 30.1 Å². The van der Waals surface area contributed by atoms with Crippen molar-refractivity contribution in [1.29, 1.82) is 0 Å². The second-order valence-corrected chi connectivity index (χ2v) is 17.5. The Morgan fingerprint density at radius 1 is 0.700 bits per heavy atom. The third kappa shape index (κ3) is 11.4. The van der Waals surface area contributed by atoms with Crippen molar-refractivity contribution in [2.75, 3.05) is 72.9 Å². The fourth-order valence-corrected chi connectivity index (χ4v) is 9.17. The number of sulfonamides is 3. The van der Waals surface area contributed by atoms with Crippen LogP contribution in [0, 0.1) is 0 Å². The van der Waals surface area contributed by atoms with Gasteiger partial charge in [0.1, 0.15) is 0 Å². The van der Waals surface area contributed by atoms with Crippen molar-refractivity contribution in [2.24, 2.45) is 0 Å². The van der Waals surface area contributed by atoms with Crippen molar-refractivity contribution in [2.45, 2.75) is 34.1 Å². The lowest BCUT2D eigenvalue weighted by Crippen LogP contribution is -2.31. The predicted molar refractivity (Wildman–Crippen MR) is 191 cm³/mol. The molecule has 13 nitrogen and oxygen atoms in total. The number of benzene rings is 3. The molecule has 3 aromatic carbocycles. The average Bonchev–Trinajstić information content (AvgIpc) is 3.07. The highest BCUT2D eigenvalue weighted by Gasteiger charge is 2.28. The topological polar surface area (TPSA) is 169 Å². The lowest BCUT2D eigenvalue weighted by atomic mass is 9.85. The summed E-state index contributed by atoms with van der Waals surface area (Å²) in [5, 5.41) is 1.13. The molecule has 1 aliphatic heterocycles. The van der Waals surface area contributed by atoms with Crippen LogP contribution < -0.4 is 14.2 Å². The van der Waals surface area contributed by atoms with E-state index in [1.165, 1.54) is 18.2 Å². The Kier molecular flexibility index (Phi) is 15.0. The van der Waals surface area contributed by atoms with Gasteiger partial charge < -0.3 is 19.1 Å². The molecule has 0 radical (unpaired) electrons. The molecule has 0 amide bonds. The van der Waals surface area contributed by atoms with Gasteiger partial charge in [0.25, 0.3) is 0 Å². The van der Waals surface area contributed by atoms with E-state index >= 15 is 0 Å². The Morgan fingerprint density at radius 3 is 1.76 bits per heavy atom. The second-order valence-electron chi connectivity index (χ2n) is 11.4. The van der Waals surface area contributed by atoms with Crippen molar-refractivity contribution in [3.05, 3.63) is 87.4 Å². The van der Waals surface area contributed by atoms with Crippen LogP contribution in [0.5, 0.6) is 0 Å². The fraction of sp³-hybridized carbons (Fsp3) is 0.438. The Morgan fingerprint density at radius 2 is 1.20 bits per heavy atom. The van der Waals surface area contributed by atoms with Crippen LogP contribution in [0.4, 0.5) is 0 Å². The predicted octanol–water partition coefficient (Wildman–Crippen LogP) is 3.18. The molecule has 0 spiro atoms. The number of fused-ring (bicyclic) bond motifs is 1. The molecule has 1 heterocycles. The fourth-order valence-electron chi connectivity index (χ4n) is 5.32. The largest absolute Gasteiger partial charge is 0.378 e. The second kappa shape index (κ2) is 18.5. The average molecular weight is 794 g/mol. The molecule has 4 rings (SSSR count). The van der Waals surface area contributed by atoms with E-state index in [9.17, 15) is 25.3 Å². The maximum Gasteiger partial charge on any atom is 0.240 e. The highest BCUT2D eigenvalue weighted by atomic mass is 35.5. The van der Waals surface area contributed by atoms with E-state index in [-0.39, 0.29) is 79.9 Å². The number of nitrogens with one attached hydrogen (secondary N) is 3. The third-order valence-corrected chi connectivity index (χ3v) is 12.7. The van der Waals surface area contributed by atoms with E-state index in [1.54, 1.807) is 31.2 Å². The molecule has 276 valence electrons. The van der Waals surface area contributed by atoms with Crippen LogP contribution in [0.25, 0.3) is 0 Å². The van der Waals surface area contributed by atoms with E-state index in [1.807, 2.05) is 19.2 Å². The molecule has 3 aromatic rings. The summed E-state index contributed by atoms with van der Waals surface area (Å²) >= 11 is 12.8. The minimum Gasteiger partial charge on any atom is -0.378 e. The first kappa shape index (κ1) is 40.6. The highest BCUT2D eigenvalue weighted by molar-refractivity contribution is 7.90. The summed E-state index contributed by atoms with van der Waals surface area (Å²) in [6.07, 6.45) is 0. The van der Waals surface area contributed by atoms with Gasteiger partial charge in [0.05, 0.1) is 54.3 Å². The van der Waals surface area contributed by atoms with Crippen LogP contribution in [0.1, 0.15) is 29.5 Å². The smallest absolute Gasteiger partial charge is 0.240 e. The number of nitrogens with zero attached hydrogens (tertiary/aromatic N) is 1. The molecule has 18 heteroatoms. The zero-order chi connectivity index (χ0) is 36.4. The number of rotatable bonds is 20. The molecule has 0 saturated carbocycles. The summed E-state index contributed by atoms with van der Waals surface area (Å²) in [7, 11) is -9.53. The summed E-state index contributed by atoms with van der Waals surface area (Å²) in [5.74, 6) is -0.0944. The van der Waals surface area contributed by atoms with Gasteiger partial charge in [0.15, 0.2) is 0 Å². The lowest BCUT2D eigenvalue weighted by molar-refractivity contribution is 0.0167. The van der Waals surface area contributed by atoms with E-state index in [0.29, 0.717) is 23.1 Å². The Labute approximate surface area is 304 Å². The quantitative estimate of drug-likeness (QED) is 0.145. The molecule has 0 bridgehead atoms. The summed E-state index contributed by atoms with van der Waals surface area (Å²) in [6, 6.07) is 15.6. The van der Waals surface area contributed by atoms with Gasteiger partial charge in [-0.15, -0.1) is 0 Å². The van der Waals surface area contributed by atoms with Crippen LogP contribution in [0.3, 0.4) is 0 Å². The zero-order valence-electron chi connectivity index (χ0n) is 27.7. The first-order chi connectivity index (χ1) is 23.7. The summed E-state index contributed by atoms with van der Waals surface area (Å²) in [6.45, 7) is 4.37. The van der Waals surface area contributed by atoms with Gasteiger partial charge in [-0.1, -0.05) is 48.3 Å².